The largest absolute Gasteiger partial charge is 0.345 e. The lowest BCUT2D eigenvalue weighted by molar-refractivity contribution is 0.0827. The highest BCUT2D eigenvalue weighted by Crippen LogP contribution is 2.17. The number of hydrogen-bond acceptors (Lipinski definition) is 3. The third-order valence-corrected chi connectivity index (χ3v) is 4.22. The van der Waals surface area contributed by atoms with E-state index in [9.17, 15) is 13.2 Å². The van der Waals surface area contributed by atoms with Crippen molar-refractivity contribution in [2.45, 2.75) is 4.90 Å². The molecule has 5 nitrogen and oxygen atoms in total. The molecule has 21 heavy (non-hydrogen) atoms. The quantitative estimate of drug-likeness (QED) is 0.941. The molecule has 0 aliphatic rings. The smallest absolute Gasteiger partial charge is 0.261 e. The number of carbonyl (C=O) groups is 1. The fraction of sp³-hybridized carbons (Fsp3) is 0.133. The summed E-state index contributed by atoms with van der Waals surface area (Å²) < 4.78 is 26.9. The molecule has 0 bridgehead atoms. The van der Waals surface area contributed by atoms with E-state index in [1.165, 1.54) is 23.1 Å². The van der Waals surface area contributed by atoms with E-state index < -0.39 is 10.0 Å². The lowest BCUT2D eigenvalue weighted by Crippen LogP contribution is -2.22. The molecule has 0 atom stereocenters. The van der Waals surface area contributed by atoms with Crippen molar-refractivity contribution in [2.75, 3.05) is 18.8 Å². The summed E-state index contributed by atoms with van der Waals surface area (Å²) in [4.78, 5) is 13.5. The number of nitrogens with one attached hydrogen (secondary N) is 1. The summed E-state index contributed by atoms with van der Waals surface area (Å²) in [6.45, 7) is 0. The number of anilines is 1. The minimum atomic E-state index is -3.65. The fourth-order valence-corrected chi connectivity index (χ4v) is 2.86. The van der Waals surface area contributed by atoms with Crippen molar-refractivity contribution < 1.29 is 13.2 Å². The van der Waals surface area contributed by atoms with Crippen LogP contribution in [0.15, 0.2) is 59.5 Å². The van der Waals surface area contributed by atoms with Crippen LogP contribution >= 0.6 is 0 Å². The van der Waals surface area contributed by atoms with Gasteiger partial charge in [-0.05, 0) is 30.3 Å². The van der Waals surface area contributed by atoms with Crippen LogP contribution in [-0.4, -0.2) is 33.3 Å². The molecule has 0 saturated carbocycles. The zero-order valence-corrected chi connectivity index (χ0v) is 12.6. The zero-order valence-electron chi connectivity index (χ0n) is 11.8. The molecule has 0 aromatic heterocycles. The molecule has 0 unspecified atom stereocenters. The summed E-state index contributed by atoms with van der Waals surface area (Å²) in [5, 5.41) is 0. The summed E-state index contributed by atoms with van der Waals surface area (Å²) in [6, 6.07) is 14.5. The highest BCUT2D eigenvalue weighted by Gasteiger charge is 2.15. The predicted molar refractivity (Wildman–Crippen MR) is 81.7 cm³/mol. The summed E-state index contributed by atoms with van der Waals surface area (Å²) in [6.07, 6.45) is 0. The first-order chi connectivity index (χ1) is 9.90. The van der Waals surface area contributed by atoms with Gasteiger partial charge in [-0.25, -0.2) is 8.42 Å². The minimum absolute atomic E-state index is 0.175. The molecular weight excluding hydrogens is 288 g/mol. The van der Waals surface area contributed by atoms with Gasteiger partial charge in [-0.15, -0.1) is 0 Å². The van der Waals surface area contributed by atoms with Gasteiger partial charge in [-0.1, -0.05) is 24.3 Å². The van der Waals surface area contributed by atoms with Gasteiger partial charge in [0.1, 0.15) is 0 Å². The maximum Gasteiger partial charge on any atom is 0.261 e. The Kier molecular flexibility index (Phi) is 4.28. The van der Waals surface area contributed by atoms with Gasteiger partial charge in [0.05, 0.1) is 4.90 Å². The first-order valence-electron chi connectivity index (χ1n) is 6.30. The maximum atomic E-state index is 12.2. The number of sulfonamides is 1. The van der Waals surface area contributed by atoms with Gasteiger partial charge in [-0.2, -0.15) is 0 Å². The van der Waals surface area contributed by atoms with Crippen molar-refractivity contribution in [1.82, 2.24) is 4.90 Å². The second-order valence-electron chi connectivity index (χ2n) is 4.70. The van der Waals surface area contributed by atoms with Crippen LogP contribution in [0.3, 0.4) is 0 Å². The van der Waals surface area contributed by atoms with Crippen molar-refractivity contribution in [1.29, 1.82) is 0 Å². The molecule has 1 amide bonds. The van der Waals surface area contributed by atoms with Gasteiger partial charge in [0, 0.05) is 25.3 Å². The minimum Gasteiger partial charge on any atom is -0.345 e. The monoisotopic (exact) mass is 304 g/mol. The molecule has 2 aromatic carbocycles. The highest BCUT2D eigenvalue weighted by atomic mass is 32.2. The van der Waals surface area contributed by atoms with Crippen LogP contribution in [0.25, 0.3) is 0 Å². The van der Waals surface area contributed by atoms with E-state index in [0.717, 1.165) is 0 Å². The summed E-state index contributed by atoms with van der Waals surface area (Å²) >= 11 is 0. The van der Waals surface area contributed by atoms with Crippen molar-refractivity contribution in [3.05, 3.63) is 60.2 Å². The number of rotatable bonds is 4. The molecule has 110 valence electrons. The third-order valence-electron chi connectivity index (χ3n) is 2.82. The van der Waals surface area contributed by atoms with Gasteiger partial charge >= 0.3 is 0 Å². The van der Waals surface area contributed by atoms with Crippen LogP contribution in [0, 0.1) is 0 Å². The molecule has 0 spiro atoms. The van der Waals surface area contributed by atoms with E-state index in [-0.39, 0.29) is 10.8 Å². The lowest BCUT2D eigenvalue weighted by Gasteiger charge is -2.12. The molecule has 0 saturated heterocycles. The summed E-state index contributed by atoms with van der Waals surface area (Å²) in [5.41, 5.74) is 0.778. The Bertz CT molecular complexity index is 741. The second kappa shape index (κ2) is 5.97. The van der Waals surface area contributed by atoms with E-state index >= 15 is 0 Å². The molecule has 2 aromatic rings. The molecule has 1 N–H and O–H groups in total. The van der Waals surface area contributed by atoms with Crippen molar-refractivity contribution in [3.63, 3.8) is 0 Å². The SMILES string of the molecule is CN(C)C(=O)c1cccc(NS(=O)(=O)c2ccccc2)c1. The zero-order chi connectivity index (χ0) is 15.5. The highest BCUT2D eigenvalue weighted by molar-refractivity contribution is 7.92. The van der Waals surface area contributed by atoms with Gasteiger partial charge in [-0.3, -0.25) is 9.52 Å². The number of nitrogens with zero attached hydrogens (tertiary/aromatic N) is 1. The Morgan fingerprint density at radius 3 is 2.29 bits per heavy atom. The number of carbonyl (C=O) groups excluding carboxylic acids is 1. The summed E-state index contributed by atoms with van der Waals surface area (Å²) in [7, 11) is -0.367. The average Bonchev–Trinajstić information content (AvgIpc) is 2.47. The first kappa shape index (κ1) is 15.1. The molecule has 2 rings (SSSR count). The molecule has 0 heterocycles. The molecule has 0 aliphatic heterocycles. The van der Waals surface area contributed by atoms with Gasteiger partial charge in [0.2, 0.25) is 0 Å². The summed E-state index contributed by atoms with van der Waals surface area (Å²) in [5.74, 6) is -0.184. The average molecular weight is 304 g/mol. The second-order valence-corrected chi connectivity index (χ2v) is 6.38. The van der Waals surface area contributed by atoms with Gasteiger partial charge in [0.25, 0.3) is 15.9 Å². The Hall–Kier alpha value is -2.34. The molecular formula is C15H16N2O3S. The number of amides is 1. The maximum absolute atomic E-state index is 12.2. The predicted octanol–water partition coefficient (Wildman–Crippen LogP) is 2.19. The van der Waals surface area contributed by atoms with Gasteiger partial charge < -0.3 is 4.90 Å². The first-order valence-corrected chi connectivity index (χ1v) is 7.78. The fourth-order valence-electron chi connectivity index (χ4n) is 1.79. The molecule has 6 heteroatoms. The Balaban J connectivity index is 2.28. The Labute approximate surface area is 124 Å². The van der Waals surface area contributed by atoms with E-state index in [2.05, 4.69) is 4.72 Å². The van der Waals surface area contributed by atoms with Gasteiger partial charge in [0.15, 0.2) is 0 Å². The number of benzene rings is 2. The van der Waals surface area contributed by atoms with Crippen LogP contribution in [0.2, 0.25) is 0 Å². The third kappa shape index (κ3) is 3.61. The van der Waals surface area contributed by atoms with Crippen LogP contribution in [0.5, 0.6) is 0 Å². The van der Waals surface area contributed by atoms with Crippen LogP contribution < -0.4 is 4.72 Å². The number of hydrogen-bond donors (Lipinski definition) is 1. The van der Waals surface area contributed by atoms with Crippen LogP contribution in [0.4, 0.5) is 5.69 Å². The normalized spacial score (nSPS) is 11.0. The topological polar surface area (TPSA) is 66.5 Å². The van der Waals surface area contributed by atoms with Crippen LogP contribution in [0.1, 0.15) is 10.4 Å². The van der Waals surface area contributed by atoms with E-state index in [0.29, 0.717) is 11.3 Å². The van der Waals surface area contributed by atoms with Crippen molar-refractivity contribution in [3.8, 4) is 0 Å². The van der Waals surface area contributed by atoms with Crippen molar-refractivity contribution >= 4 is 21.6 Å². The van der Waals surface area contributed by atoms with E-state index in [1.807, 2.05) is 0 Å². The van der Waals surface area contributed by atoms with Crippen LogP contribution in [-0.2, 0) is 10.0 Å². The Morgan fingerprint density at radius 2 is 1.67 bits per heavy atom. The van der Waals surface area contributed by atoms with E-state index in [4.69, 9.17) is 0 Å². The lowest BCUT2D eigenvalue weighted by atomic mass is 10.2. The molecule has 0 fully saturated rings. The Morgan fingerprint density at radius 1 is 1.00 bits per heavy atom. The van der Waals surface area contributed by atoms with Crippen molar-refractivity contribution in [2.24, 2.45) is 0 Å². The molecule has 0 radical (unpaired) electrons. The molecule has 0 aliphatic carbocycles. The van der Waals surface area contributed by atoms with E-state index in [1.54, 1.807) is 50.5 Å². The standard InChI is InChI=1S/C15H16N2O3S/c1-17(2)15(18)12-7-6-8-13(11-12)16-21(19,20)14-9-4-3-5-10-14/h3-11,16H,1-2H3.